The van der Waals surface area contributed by atoms with Gasteiger partial charge < -0.3 is 30.5 Å². The minimum Gasteiger partial charge on any atom is -0.480 e. The molecule has 1 saturated heterocycles. The molecule has 11 heteroatoms. The molecule has 0 spiro atoms. The Labute approximate surface area is 262 Å². The van der Waals surface area contributed by atoms with Gasteiger partial charge in [0.25, 0.3) is 0 Å². The number of likely N-dealkylation sites (N-methyl/N-ethyl adjacent to an activating group) is 1. The van der Waals surface area contributed by atoms with Crippen LogP contribution in [0.4, 0.5) is 0 Å². The number of carboxylic acids is 1. The van der Waals surface area contributed by atoms with Crippen LogP contribution < -0.4 is 11.1 Å². The fraction of sp³-hybridized carbons (Fsp3) is 0.697. The lowest BCUT2D eigenvalue weighted by Gasteiger charge is -2.42. The Hall–Kier alpha value is -3.02. The molecule has 2 rings (SSSR count). The van der Waals surface area contributed by atoms with E-state index >= 15 is 0 Å². The molecule has 0 saturated carbocycles. The van der Waals surface area contributed by atoms with Gasteiger partial charge in [0.05, 0.1) is 36.6 Å². The molecule has 0 aliphatic carbocycles. The number of nitrogens with zero attached hydrogens (tertiary/aromatic N) is 2. The van der Waals surface area contributed by atoms with Gasteiger partial charge in [0.2, 0.25) is 17.7 Å². The summed E-state index contributed by atoms with van der Waals surface area (Å²) < 4.78 is 11.7. The Morgan fingerprint density at radius 2 is 1.73 bits per heavy atom. The Balaban J connectivity index is 2.22. The topological polar surface area (TPSA) is 152 Å². The number of methoxy groups -OCH3 is 2. The molecule has 1 aliphatic heterocycles. The molecule has 44 heavy (non-hydrogen) atoms. The number of nitrogens with two attached hydrogens (primary N) is 1. The van der Waals surface area contributed by atoms with Crippen molar-refractivity contribution in [3.63, 3.8) is 0 Å². The molecule has 1 aliphatic rings. The summed E-state index contributed by atoms with van der Waals surface area (Å²) in [6.45, 7) is 10.3. The molecule has 11 nitrogen and oxygen atoms in total. The second kappa shape index (κ2) is 17.5. The maximum Gasteiger partial charge on any atom is 0.326 e. The predicted molar refractivity (Wildman–Crippen MR) is 169 cm³/mol. The van der Waals surface area contributed by atoms with Crippen LogP contribution in [-0.2, 0) is 35.1 Å². The van der Waals surface area contributed by atoms with Gasteiger partial charge in [-0.15, -0.1) is 0 Å². The average Bonchev–Trinajstić information content (AvgIpc) is 3.46. The summed E-state index contributed by atoms with van der Waals surface area (Å²) in [5.74, 6) is -2.73. The van der Waals surface area contributed by atoms with E-state index in [1.165, 1.54) is 7.11 Å². The van der Waals surface area contributed by atoms with Crippen molar-refractivity contribution in [2.45, 2.75) is 103 Å². The summed E-state index contributed by atoms with van der Waals surface area (Å²) in [5, 5.41) is 12.5. The second-order valence-corrected chi connectivity index (χ2v) is 12.5. The van der Waals surface area contributed by atoms with Crippen LogP contribution in [-0.4, -0.2) is 103 Å². The predicted octanol–water partition coefficient (Wildman–Crippen LogP) is 2.70. The van der Waals surface area contributed by atoms with Crippen molar-refractivity contribution < 1.29 is 33.8 Å². The van der Waals surface area contributed by atoms with Crippen LogP contribution in [0, 0.1) is 17.8 Å². The molecule has 3 amide bonds. The van der Waals surface area contributed by atoms with Crippen molar-refractivity contribution in [2.24, 2.45) is 23.5 Å². The van der Waals surface area contributed by atoms with Gasteiger partial charge in [-0.2, -0.15) is 0 Å². The maximum absolute atomic E-state index is 13.9. The lowest BCUT2D eigenvalue weighted by Crippen LogP contribution is -2.57. The summed E-state index contributed by atoms with van der Waals surface area (Å²) in [6, 6.07) is 6.91. The zero-order valence-corrected chi connectivity index (χ0v) is 27.7. The molecule has 248 valence electrons. The van der Waals surface area contributed by atoms with E-state index in [2.05, 4.69) is 19.2 Å². The molecule has 0 bridgehead atoms. The molecular formula is C33H54N4O7. The quantitative estimate of drug-likeness (QED) is 0.227. The zero-order chi connectivity index (χ0) is 33.1. The zero-order valence-electron chi connectivity index (χ0n) is 27.7. The maximum atomic E-state index is 13.9. The van der Waals surface area contributed by atoms with Gasteiger partial charge in [-0.05, 0) is 37.3 Å². The highest BCUT2D eigenvalue weighted by Crippen LogP contribution is 2.30. The first-order chi connectivity index (χ1) is 20.8. The van der Waals surface area contributed by atoms with E-state index in [9.17, 15) is 24.3 Å². The summed E-state index contributed by atoms with van der Waals surface area (Å²) >= 11 is 0. The molecular weight excluding hydrogens is 564 g/mol. The number of hydrogen-bond acceptors (Lipinski definition) is 7. The van der Waals surface area contributed by atoms with E-state index in [1.807, 2.05) is 56.1 Å². The third-order valence-electron chi connectivity index (χ3n) is 9.19. The number of primary amides is 1. The molecule has 1 aromatic carbocycles. The number of carbonyl (C=O) groups excluding carboxylic acids is 3. The average molecular weight is 619 g/mol. The number of carbonyl (C=O) groups is 4. The van der Waals surface area contributed by atoms with E-state index in [-0.39, 0.29) is 42.7 Å². The number of nitrogens with one attached hydrogen (secondary N) is 1. The van der Waals surface area contributed by atoms with Gasteiger partial charge in [-0.25, -0.2) is 4.79 Å². The van der Waals surface area contributed by atoms with Crippen LogP contribution >= 0.6 is 0 Å². The van der Waals surface area contributed by atoms with Crippen LogP contribution in [0.2, 0.25) is 0 Å². The molecule has 4 N–H and O–H groups in total. The largest absolute Gasteiger partial charge is 0.480 e. The van der Waals surface area contributed by atoms with Crippen molar-refractivity contribution in [1.82, 2.24) is 15.1 Å². The highest BCUT2D eigenvalue weighted by molar-refractivity contribution is 5.85. The van der Waals surface area contributed by atoms with Crippen LogP contribution in [0.3, 0.4) is 0 Å². The first kappa shape index (κ1) is 37.2. The number of aliphatic carboxylic acids is 1. The van der Waals surface area contributed by atoms with Gasteiger partial charge in [-0.1, -0.05) is 71.4 Å². The Kier molecular flexibility index (Phi) is 14.8. The standard InChI is InChI=1S/C33H54N4O7/c1-9-21(4)29(36(6)28(20(2)3)31(34)39)26(43-7)19-27(38)37-17-13-16-25(37)30(44-8)22(5)32(40)35-24(33(41)42)18-23-14-11-10-12-15-23/h10-12,14-15,20-22,24-26,28-30H,9,13,16-19H2,1-8H3,(H2,34,39)(H,35,40)(H,41,42)/t21-,22+,24-,25-,26+,28-,29-,30+/m0/s1. The van der Waals surface area contributed by atoms with Crippen LogP contribution in [0.25, 0.3) is 0 Å². The fourth-order valence-corrected chi connectivity index (χ4v) is 6.73. The van der Waals surface area contributed by atoms with E-state index in [4.69, 9.17) is 15.2 Å². The highest BCUT2D eigenvalue weighted by Gasteiger charge is 2.43. The molecule has 1 heterocycles. The van der Waals surface area contributed by atoms with E-state index < -0.39 is 48.0 Å². The lowest BCUT2D eigenvalue weighted by molar-refractivity contribution is -0.145. The summed E-state index contributed by atoms with van der Waals surface area (Å²) in [7, 11) is 4.95. The number of rotatable bonds is 18. The van der Waals surface area contributed by atoms with Gasteiger partial charge in [0, 0.05) is 33.2 Å². The summed E-state index contributed by atoms with van der Waals surface area (Å²) in [4.78, 5) is 55.3. The summed E-state index contributed by atoms with van der Waals surface area (Å²) in [6.07, 6.45) is 1.32. The van der Waals surface area contributed by atoms with Crippen molar-refractivity contribution in [1.29, 1.82) is 0 Å². The first-order valence-electron chi connectivity index (χ1n) is 15.7. The Morgan fingerprint density at radius 3 is 2.23 bits per heavy atom. The van der Waals surface area contributed by atoms with Gasteiger partial charge in [0.15, 0.2) is 0 Å². The minimum absolute atomic E-state index is 0.0243. The number of hydrogen-bond donors (Lipinski definition) is 3. The monoisotopic (exact) mass is 618 g/mol. The van der Waals surface area contributed by atoms with Crippen molar-refractivity contribution >= 4 is 23.7 Å². The molecule has 0 radical (unpaired) electrons. The normalized spacial score (nSPS) is 20.0. The molecule has 8 atom stereocenters. The lowest BCUT2D eigenvalue weighted by atomic mass is 9.88. The Bertz CT molecular complexity index is 1090. The minimum atomic E-state index is -1.12. The smallest absolute Gasteiger partial charge is 0.326 e. The molecule has 0 unspecified atom stereocenters. The molecule has 0 aromatic heterocycles. The number of benzene rings is 1. The van der Waals surface area contributed by atoms with Crippen LogP contribution in [0.1, 0.15) is 65.9 Å². The van der Waals surface area contributed by atoms with E-state index in [1.54, 1.807) is 18.9 Å². The van der Waals surface area contributed by atoms with Gasteiger partial charge in [0.1, 0.15) is 6.04 Å². The van der Waals surface area contributed by atoms with Crippen LogP contribution in [0.5, 0.6) is 0 Å². The number of ether oxygens (including phenoxy) is 2. The Morgan fingerprint density at radius 1 is 1.09 bits per heavy atom. The fourth-order valence-electron chi connectivity index (χ4n) is 6.73. The van der Waals surface area contributed by atoms with Crippen molar-refractivity contribution in [3.05, 3.63) is 35.9 Å². The third-order valence-corrected chi connectivity index (χ3v) is 9.19. The first-order valence-corrected chi connectivity index (χ1v) is 15.7. The number of likely N-dealkylation sites (tertiary alicyclic amines) is 1. The molecule has 1 aromatic rings. The highest BCUT2D eigenvalue weighted by atomic mass is 16.5. The van der Waals surface area contributed by atoms with E-state index in [0.29, 0.717) is 13.0 Å². The second-order valence-electron chi connectivity index (χ2n) is 12.5. The van der Waals surface area contributed by atoms with Crippen LogP contribution in [0.15, 0.2) is 30.3 Å². The van der Waals surface area contributed by atoms with Crippen molar-refractivity contribution in [2.75, 3.05) is 27.8 Å². The van der Waals surface area contributed by atoms with Gasteiger partial charge >= 0.3 is 5.97 Å². The van der Waals surface area contributed by atoms with Gasteiger partial charge in [-0.3, -0.25) is 19.3 Å². The summed E-state index contributed by atoms with van der Waals surface area (Å²) in [5.41, 5.74) is 6.59. The number of amides is 3. The van der Waals surface area contributed by atoms with E-state index in [0.717, 1.165) is 18.4 Å². The molecule has 1 fully saturated rings. The number of carboxylic acid groups (broad SMARTS) is 1. The van der Waals surface area contributed by atoms with Crippen molar-refractivity contribution in [3.8, 4) is 0 Å². The SMILES string of the molecule is CC[C@H](C)[C@@H]([C@@H](CC(=O)N1CCC[C@H]1[C@H](OC)[C@@H](C)C(=O)N[C@@H](Cc1ccccc1)C(=O)O)OC)N(C)[C@H](C(N)=O)C(C)C. The third kappa shape index (κ3) is 9.49.